The fourth-order valence-electron chi connectivity index (χ4n) is 5.28. The number of carbonyl (C=O) groups is 1. The van der Waals surface area contributed by atoms with Crippen molar-refractivity contribution in [1.82, 2.24) is 19.4 Å². The highest BCUT2D eigenvalue weighted by Crippen LogP contribution is 2.26. The number of piperidine rings is 1. The Bertz CT molecular complexity index is 1320. The summed E-state index contributed by atoms with van der Waals surface area (Å²) in [6, 6.07) is 17.3. The lowest BCUT2D eigenvalue weighted by Gasteiger charge is -2.35. The summed E-state index contributed by atoms with van der Waals surface area (Å²) in [5.74, 6) is 0.145. The third-order valence-electron chi connectivity index (χ3n) is 7.07. The largest absolute Gasteiger partial charge is 0.333 e. The molecule has 8 nitrogen and oxygen atoms in total. The fourth-order valence-corrected chi connectivity index (χ4v) is 7.01. The smallest absolute Gasteiger partial charge is 0.326 e. The summed E-state index contributed by atoms with van der Waals surface area (Å²) in [5.41, 5.74) is 2.66. The molecule has 1 unspecified atom stereocenters. The van der Waals surface area contributed by atoms with E-state index in [9.17, 15) is 18.0 Å². The molecule has 0 radical (unpaired) electrons. The zero-order chi connectivity index (χ0) is 23.7. The van der Waals surface area contributed by atoms with E-state index in [0.29, 0.717) is 26.1 Å². The lowest BCUT2D eigenvalue weighted by Crippen LogP contribution is -2.47. The number of aromatic nitrogens is 2. The standard InChI is InChI=1S/C25H30N4O4S/c30-24(28(16-19-6-2-1-3-7-19)21-12-15-34(32,33)18-21)17-27-13-10-20(11-14-27)29-23-9-5-4-8-22(23)26-25(29)31/h1-9,20-21H,10-18H2,(H,26,31). The van der Waals surface area contributed by atoms with Gasteiger partial charge in [-0.05, 0) is 37.0 Å². The SMILES string of the molecule is O=C(CN1CCC(n2c(=O)[nH]c3ccccc32)CC1)N(Cc1ccccc1)C1CCS(=O)(=O)C1. The van der Waals surface area contributed by atoms with Crippen molar-refractivity contribution >= 4 is 26.8 Å². The second kappa shape index (κ2) is 9.38. The number of imidazole rings is 1. The van der Waals surface area contributed by atoms with Crippen LogP contribution in [0.4, 0.5) is 0 Å². The number of sulfone groups is 1. The van der Waals surface area contributed by atoms with Gasteiger partial charge < -0.3 is 9.88 Å². The molecule has 0 bridgehead atoms. The van der Waals surface area contributed by atoms with Crippen LogP contribution >= 0.6 is 0 Å². The number of hydrogen-bond acceptors (Lipinski definition) is 5. The summed E-state index contributed by atoms with van der Waals surface area (Å²) >= 11 is 0. The lowest BCUT2D eigenvalue weighted by atomic mass is 10.0. The van der Waals surface area contributed by atoms with Crippen LogP contribution in [0.5, 0.6) is 0 Å². The van der Waals surface area contributed by atoms with Crippen LogP contribution in [0.15, 0.2) is 59.4 Å². The molecule has 2 aromatic carbocycles. The highest BCUT2D eigenvalue weighted by Gasteiger charge is 2.35. The van der Waals surface area contributed by atoms with Gasteiger partial charge in [0.05, 0.1) is 29.1 Å². The summed E-state index contributed by atoms with van der Waals surface area (Å²) in [4.78, 5) is 32.7. The van der Waals surface area contributed by atoms with E-state index in [0.717, 1.165) is 29.4 Å². The molecule has 0 spiro atoms. The first-order valence-corrected chi connectivity index (χ1v) is 13.7. The Labute approximate surface area is 199 Å². The highest BCUT2D eigenvalue weighted by molar-refractivity contribution is 7.91. The van der Waals surface area contributed by atoms with Crippen LogP contribution in [0.25, 0.3) is 11.0 Å². The molecule has 5 rings (SSSR count). The summed E-state index contributed by atoms with van der Waals surface area (Å²) in [7, 11) is -3.10. The Morgan fingerprint density at radius 1 is 1.00 bits per heavy atom. The van der Waals surface area contributed by atoms with Gasteiger partial charge in [0.2, 0.25) is 5.91 Å². The van der Waals surface area contributed by atoms with Crippen molar-refractivity contribution in [2.24, 2.45) is 0 Å². The topological polar surface area (TPSA) is 95.5 Å². The first kappa shape index (κ1) is 22.9. The quantitative estimate of drug-likeness (QED) is 0.581. The molecule has 3 aromatic rings. The molecule has 2 fully saturated rings. The van der Waals surface area contributed by atoms with Gasteiger partial charge in [0.15, 0.2) is 9.84 Å². The molecule has 3 heterocycles. The first-order chi connectivity index (χ1) is 16.4. The van der Waals surface area contributed by atoms with Crippen LogP contribution in [0.2, 0.25) is 0 Å². The third kappa shape index (κ3) is 4.81. The number of para-hydroxylation sites is 2. The van der Waals surface area contributed by atoms with Gasteiger partial charge in [-0.3, -0.25) is 14.3 Å². The highest BCUT2D eigenvalue weighted by atomic mass is 32.2. The van der Waals surface area contributed by atoms with E-state index >= 15 is 0 Å². The average Bonchev–Trinajstić information content (AvgIpc) is 3.36. The Morgan fingerprint density at radius 2 is 1.71 bits per heavy atom. The van der Waals surface area contributed by atoms with Crippen LogP contribution in [0, 0.1) is 0 Å². The second-order valence-corrected chi connectivity index (χ2v) is 11.6. The molecule has 9 heteroatoms. The molecule has 0 aliphatic carbocycles. The number of H-pyrrole nitrogens is 1. The van der Waals surface area contributed by atoms with E-state index in [4.69, 9.17) is 0 Å². The van der Waals surface area contributed by atoms with Crippen LogP contribution in [0.3, 0.4) is 0 Å². The van der Waals surface area contributed by atoms with Gasteiger partial charge in [0, 0.05) is 31.7 Å². The van der Waals surface area contributed by atoms with Crippen molar-refractivity contribution in [1.29, 1.82) is 0 Å². The first-order valence-electron chi connectivity index (χ1n) is 11.8. The Kier molecular flexibility index (Phi) is 6.31. The van der Waals surface area contributed by atoms with E-state index in [2.05, 4.69) is 9.88 Å². The molecule has 0 saturated carbocycles. The maximum Gasteiger partial charge on any atom is 0.326 e. The van der Waals surface area contributed by atoms with E-state index in [1.165, 1.54) is 0 Å². The Morgan fingerprint density at radius 3 is 2.41 bits per heavy atom. The number of rotatable bonds is 6. The normalized spacial score (nSPS) is 21.1. The molecule has 2 aliphatic rings. The molecular formula is C25H30N4O4S. The van der Waals surface area contributed by atoms with Crippen molar-refractivity contribution in [3.05, 3.63) is 70.6 Å². The Hall–Kier alpha value is -2.91. The number of hydrogen-bond donors (Lipinski definition) is 1. The molecule has 1 amide bonds. The predicted molar refractivity (Wildman–Crippen MR) is 131 cm³/mol. The van der Waals surface area contributed by atoms with Crippen LogP contribution in [-0.2, 0) is 21.2 Å². The number of nitrogens with one attached hydrogen (secondary N) is 1. The minimum atomic E-state index is -3.10. The van der Waals surface area contributed by atoms with Gasteiger partial charge in [-0.1, -0.05) is 42.5 Å². The molecule has 2 saturated heterocycles. The van der Waals surface area contributed by atoms with Crippen LogP contribution < -0.4 is 5.69 Å². The average molecular weight is 483 g/mol. The molecule has 180 valence electrons. The third-order valence-corrected chi connectivity index (χ3v) is 8.82. The molecule has 1 atom stereocenters. The summed E-state index contributed by atoms with van der Waals surface area (Å²) < 4.78 is 26.0. The lowest BCUT2D eigenvalue weighted by molar-refractivity contribution is -0.135. The van der Waals surface area contributed by atoms with Gasteiger partial charge in [-0.15, -0.1) is 0 Å². The predicted octanol–water partition coefficient (Wildman–Crippen LogP) is 2.18. The summed E-state index contributed by atoms with van der Waals surface area (Å²) in [5, 5.41) is 0. The van der Waals surface area contributed by atoms with Gasteiger partial charge in [-0.25, -0.2) is 13.2 Å². The van der Waals surface area contributed by atoms with Crippen molar-refractivity contribution < 1.29 is 13.2 Å². The van der Waals surface area contributed by atoms with Crippen molar-refractivity contribution in [3.8, 4) is 0 Å². The summed E-state index contributed by atoms with van der Waals surface area (Å²) in [6.07, 6.45) is 2.06. The van der Waals surface area contributed by atoms with Crippen molar-refractivity contribution in [2.45, 2.75) is 37.9 Å². The fraction of sp³-hybridized carbons (Fsp3) is 0.440. The maximum atomic E-state index is 13.4. The number of carbonyl (C=O) groups excluding carboxylic acids is 1. The van der Waals surface area contributed by atoms with Gasteiger partial charge in [-0.2, -0.15) is 0 Å². The van der Waals surface area contributed by atoms with Crippen LogP contribution in [0.1, 0.15) is 30.9 Å². The number of likely N-dealkylation sites (tertiary alicyclic amines) is 1. The second-order valence-electron chi connectivity index (χ2n) is 9.39. The number of benzene rings is 2. The number of amides is 1. The van der Waals surface area contributed by atoms with Crippen molar-refractivity contribution in [2.75, 3.05) is 31.1 Å². The van der Waals surface area contributed by atoms with Gasteiger partial charge >= 0.3 is 5.69 Å². The van der Waals surface area contributed by atoms with Crippen LogP contribution in [-0.4, -0.2) is 70.9 Å². The number of fused-ring (bicyclic) bond motifs is 1. The Balaban J connectivity index is 1.26. The number of nitrogens with zero attached hydrogens (tertiary/aromatic N) is 3. The van der Waals surface area contributed by atoms with E-state index in [-0.39, 0.29) is 41.7 Å². The monoisotopic (exact) mass is 482 g/mol. The molecule has 1 aromatic heterocycles. The molecule has 34 heavy (non-hydrogen) atoms. The maximum absolute atomic E-state index is 13.4. The van der Waals surface area contributed by atoms with Gasteiger partial charge in [0.25, 0.3) is 0 Å². The van der Waals surface area contributed by atoms with Gasteiger partial charge in [0.1, 0.15) is 0 Å². The minimum absolute atomic E-state index is 0.0336. The summed E-state index contributed by atoms with van der Waals surface area (Å²) in [6.45, 7) is 2.11. The number of aromatic amines is 1. The molecular weight excluding hydrogens is 452 g/mol. The zero-order valence-corrected chi connectivity index (χ0v) is 19.9. The molecule has 2 aliphatic heterocycles. The zero-order valence-electron chi connectivity index (χ0n) is 19.1. The van der Waals surface area contributed by atoms with E-state index in [1.807, 2.05) is 59.2 Å². The van der Waals surface area contributed by atoms with E-state index in [1.54, 1.807) is 4.90 Å². The molecule has 1 N–H and O–H groups in total. The minimum Gasteiger partial charge on any atom is -0.333 e. The van der Waals surface area contributed by atoms with Crippen molar-refractivity contribution in [3.63, 3.8) is 0 Å². The van der Waals surface area contributed by atoms with E-state index < -0.39 is 9.84 Å².